The van der Waals surface area contributed by atoms with Gasteiger partial charge >= 0.3 is 12.1 Å². The van der Waals surface area contributed by atoms with E-state index >= 15 is 0 Å². The third kappa shape index (κ3) is 4.62. The fourth-order valence-corrected chi connectivity index (χ4v) is 3.50. The number of carbonyl (C=O) groups is 2. The molecule has 1 unspecified atom stereocenters. The summed E-state index contributed by atoms with van der Waals surface area (Å²) in [6.07, 6.45) is 1.32. The molecule has 0 aromatic heterocycles. The summed E-state index contributed by atoms with van der Waals surface area (Å²) in [7, 11) is 0. The smallest absolute Gasteiger partial charge is 0.410 e. The van der Waals surface area contributed by atoms with E-state index < -0.39 is 11.2 Å². The van der Waals surface area contributed by atoms with Gasteiger partial charge in [-0.2, -0.15) is 0 Å². The Morgan fingerprint density at radius 1 is 1.00 bits per heavy atom. The summed E-state index contributed by atoms with van der Waals surface area (Å²) in [5.41, 5.74) is -1.07. The van der Waals surface area contributed by atoms with Crippen molar-refractivity contribution in [2.45, 2.75) is 65.6 Å². The van der Waals surface area contributed by atoms with Gasteiger partial charge in [0.05, 0.1) is 5.92 Å². The zero-order chi connectivity index (χ0) is 18.2. The van der Waals surface area contributed by atoms with E-state index in [1.54, 1.807) is 4.90 Å². The normalized spacial score (nSPS) is 24.1. The zero-order valence-corrected chi connectivity index (χ0v) is 15.9. The molecule has 0 aromatic carbocycles. The molecule has 0 aromatic rings. The Labute approximate surface area is 145 Å². The highest BCUT2D eigenvalue weighted by Gasteiger charge is 2.50. The van der Waals surface area contributed by atoms with E-state index in [1.807, 2.05) is 41.5 Å². The van der Waals surface area contributed by atoms with Crippen LogP contribution in [0.25, 0.3) is 0 Å². The molecule has 2 fully saturated rings. The molecule has 1 spiro atoms. The van der Waals surface area contributed by atoms with E-state index in [-0.39, 0.29) is 23.4 Å². The van der Waals surface area contributed by atoms with Crippen LogP contribution >= 0.6 is 0 Å². The number of nitrogens with one attached hydrogen (secondary N) is 1. The lowest BCUT2D eigenvalue weighted by molar-refractivity contribution is -0.164. The lowest BCUT2D eigenvalue weighted by Crippen LogP contribution is -2.49. The molecule has 0 bridgehead atoms. The Balaban J connectivity index is 1.98. The number of likely N-dealkylation sites (tertiary alicyclic amines) is 1. The Morgan fingerprint density at radius 2 is 1.54 bits per heavy atom. The van der Waals surface area contributed by atoms with Crippen molar-refractivity contribution in [3.63, 3.8) is 0 Å². The summed E-state index contributed by atoms with van der Waals surface area (Å²) in [5, 5.41) is 3.35. The standard InChI is InChI=1S/C18H32N2O4/c1-16(2,3)23-14(21)13-11-19-12-18(13)7-9-20(10-8-18)15(22)24-17(4,5)6/h13,19H,7-12H2,1-6H3. The minimum Gasteiger partial charge on any atom is -0.460 e. The number of amides is 1. The number of rotatable bonds is 1. The quantitative estimate of drug-likeness (QED) is 0.743. The van der Waals surface area contributed by atoms with Crippen molar-refractivity contribution in [1.82, 2.24) is 10.2 Å². The highest BCUT2D eigenvalue weighted by molar-refractivity contribution is 5.75. The first kappa shape index (κ1) is 19.0. The lowest BCUT2D eigenvalue weighted by Gasteiger charge is -2.42. The molecule has 2 rings (SSSR count). The highest BCUT2D eigenvalue weighted by Crippen LogP contribution is 2.42. The summed E-state index contributed by atoms with van der Waals surface area (Å²) in [6, 6.07) is 0. The maximum atomic E-state index is 12.6. The van der Waals surface area contributed by atoms with Gasteiger partial charge in [-0.1, -0.05) is 0 Å². The average Bonchev–Trinajstić information content (AvgIpc) is 2.79. The Bertz CT molecular complexity index is 482. The summed E-state index contributed by atoms with van der Waals surface area (Å²) < 4.78 is 11.1. The van der Waals surface area contributed by atoms with Gasteiger partial charge in [0, 0.05) is 31.6 Å². The van der Waals surface area contributed by atoms with Crippen molar-refractivity contribution >= 4 is 12.1 Å². The molecule has 1 atom stereocenters. The van der Waals surface area contributed by atoms with Crippen molar-refractivity contribution in [2.75, 3.05) is 26.2 Å². The van der Waals surface area contributed by atoms with Crippen LogP contribution in [-0.4, -0.2) is 54.3 Å². The second kappa shape index (κ2) is 6.54. The van der Waals surface area contributed by atoms with Gasteiger partial charge in [0.2, 0.25) is 0 Å². The van der Waals surface area contributed by atoms with Crippen LogP contribution in [0.15, 0.2) is 0 Å². The number of piperidine rings is 1. The molecule has 2 heterocycles. The van der Waals surface area contributed by atoms with Gasteiger partial charge in [0.15, 0.2) is 0 Å². The topological polar surface area (TPSA) is 67.9 Å². The molecule has 1 N–H and O–H groups in total. The summed E-state index contributed by atoms with van der Waals surface area (Å²) in [6.45, 7) is 14.0. The van der Waals surface area contributed by atoms with Gasteiger partial charge in [-0.05, 0) is 54.4 Å². The van der Waals surface area contributed by atoms with E-state index in [2.05, 4.69) is 5.32 Å². The third-order valence-electron chi connectivity index (χ3n) is 4.67. The maximum absolute atomic E-state index is 12.6. The number of esters is 1. The van der Waals surface area contributed by atoms with E-state index in [0.29, 0.717) is 19.6 Å². The first-order chi connectivity index (χ1) is 10.9. The van der Waals surface area contributed by atoms with Crippen molar-refractivity contribution in [1.29, 1.82) is 0 Å². The summed E-state index contributed by atoms with van der Waals surface area (Å²) >= 11 is 0. The maximum Gasteiger partial charge on any atom is 0.410 e. The molecule has 2 aliphatic rings. The van der Waals surface area contributed by atoms with Gasteiger partial charge < -0.3 is 19.7 Å². The first-order valence-electron chi connectivity index (χ1n) is 8.83. The Morgan fingerprint density at radius 3 is 2.04 bits per heavy atom. The molecule has 6 heteroatoms. The van der Waals surface area contributed by atoms with Gasteiger partial charge in [0.1, 0.15) is 11.2 Å². The molecule has 0 radical (unpaired) electrons. The van der Waals surface area contributed by atoms with E-state index in [4.69, 9.17) is 9.47 Å². The van der Waals surface area contributed by atoms with E-state index in [1.165, 1.54) is 0 Å². The van der Waals surface area contributed by atoms with Crippen molar-refractivity contribution in [3.05, 3.63) is 0 Å². The average molecular weight is 340 g/mol. The van der Waals surface area contributed by atoms with Crippen LogP contribution < -0.4 is 5.32 Å². The highest BCUT2D eigenvalue weighted by atomic mass is 16.6. The van der Waals surface area contributed by atoms with Crippen molar-refractivity contribution in [2.24, 2.45) is 11.3 Å². The number of hydrogen-bond donors (Lipinski definition) is 1. The second-order valence-electron chi connectivity index (χ2n) is 9.05. The zero-order valence-electron chi connectivity index (χ0n) is 15.9. The molecular formula is C18H32N2O4. The minimum absolute atomic E-state index is 0.110. The van der Waals surface area contributed by atoms with E-state index in [9.17, 15) is 9.59 Å². The van der Waals surface area contributed by atoms with Gasteiger partial charge in [-0.25, -0.2) is 4.79 Å². The number of nitrogens with zero attached hydrogens (tertiary/aromatic N) is 1. The molecule has 0 aliphatic carbocycles. The van der Waals surface area contributed by atoms with Crippen LogP contribution in [-0.2, 0) is 14.3 Å². The number of ether oxygens (including phenoxy) is 2. The molecule has 0 saturated carbocycles. The number of carbonyl (C=O) groups excluding carboxylic acids is 2. The fraction of sp³-hybridized carbons (Fsp3) is 0.889. The largest absolute Gasteiger partial charge is 0.460 e. The van der Waals surface area contributed by atoms with Crippen LogP contribution in [0.1, 0.15) is 54.4 Å². The predicted molar refractivity (Wildman–Crippen MR) is 91.7 cm³/mol. The van der Waals surface area contributed by atoms with E-state index in [0.717, 1.165) is 19.4 Å². The summed E-state index contributed by atoms with van der Waals surface area (Å²) in [4.78, 5) is 26.5. The first-order valence-corrected chi connectivity index (χ1v) is 8.83. The monoisotopic (exact) mass is 340 g/mol. The molecule has 6 nitrogen and oxygen atoms in total. The third-order valence-corrected chi connectivity index (χ3v) is 4.67. The van der Waals surface area contributed by atoms with Crippen LogP contribution in [0, 0.1) is 11.3 Å². The molecule has 24 heavy (non-hydrogen) atoms. The molecular weight excluding hydrogens is 308 g/mol. The Kier molecular flexibility index (Phi) is 5.19. The Hall–Kier alpha value is -1.30. The second-order valence-corrected chi connectivity index (χ2v) is 9.05. The summed E-state index contributed by atoms with van der Waals surface area (Å²) in [5.74, 6) is -0.268. The van der Waals surface area contributed by atoms with Crippen molar-refractivity contribution in [3.8, 4) is 0 Å². The molecule has 2 saturated heterocycles. The molecule has 2 aliphatic heterocycles. The van der Waals surface area contributed by atoms with Crippen LogP contribution in [0.4, 0.5) is 4.79 Å². The lowest BCUT2D eigenvalue weighted by atomic mass is 9.71. The van der Waals surface area contributed by atoms with Gasteiger partial charge in [0.25, 0.3) is 0 Å². The molecule has 138 valence electrons. The fourth-order valence-electron chi connectivity index (χ4n) is 3.50. The van der Waals surface area contributed by atoms with Crippen molar-refractivity contribution < 1.29 is 19.1 Å². The molecule has 1 amide bonds. The van der Waals surface area contributed by atoms with Crippen LogP contribution in [0.2, 0.25) is 0 Å². The predicted octanol–water partition coefficient (Wildman–Crippen LogP) is 2.56. The van der Waals surface area contributed by atoms with Crippen LogP contribution in [0.3, 0.4) is 0 Å². The number of hydrogen-bond acceptors (Lipinski definition) is 5. The van der Waals surface area contributed by atoms with Crippen LogP contribution in [0.5, 0.6) is 0 Å². The van der Waals surface area contributed by atoms with Gasteiger partial charge in [-0.3, -0.25) is 4.79 Å². The minimum atomic E-state index is -0.486. The van der Waals surface area contributed by atoms with Gasteiger partial charge in [-0.15, -0.1) is 0 Å². The SMILES string of the molecule is CC(C)(C)OC(=O)C1CNCC12CCN(C(=O)OC(C)(C)C)CC2.